The minimum atomic E-state index is -0.000446. The molecule has 1 amide bonds. The zero-order valence-corrected chi connectivity index (χ0v) is 11.2. The molecule has 0 saturated heterocycles. The number of aromatic nitrogens is 1. The molecule has 2 N–H and O–H groups in total. The summed E-state index contributed by atoms with van der Waals surface area (Å²) >= 11 is 0. The van der Waals surface area contributed by atoms with Crippen molar-refractivity contribution in [3.05, 3.63) is 18.3 Å². The molecule has 0 saturated carbocycles. The molecule has 0 unspecified atom stereocenters. The number of carbonyl (C=O) groups is 1. The molecule has 1 rings (SSSR count). The minimum absolute atomic E-state index is 0.000446. The summed E-state index contributed by atoms with van der Waals surface area (Å²) in [6.07, 6.45) is 3.54. The normalized spacial score (nSPS) is 10.2. The number of nitrogens with one attached hydrogen (secondary N) is 2. The molecule has 18 heavy (non-hydrogen) atoms. The molecule has 0 aliphatic heterocycles. The topological polar surface area (TPSA) is 63.2 Å². The Labute approximate surface area is 108 Å². The second kappa shape index (κ2) is 7.53. The highest BCUT2D eigenvalue weighted by Crippen LogP contribution is 2.10. The third-order valence-corrected chi connectivity index (χ3v) is 2.75. The Kier molecular flexibility index (Phi) is 5.97. The van der Waals surface area contributed by atoms with Gasteiger partial charge >= 0.3 is 0 Å². The molecule has 0 radical (unpaired) electrons. The Balaban J connectivity index is 2.37. The third-order valence-electron chi connectivity index (χ3n) is 2.75. The average molecular weight is 251 g/mol. The Morgan fingerprint density at radius 3 is 2.61 bits per heavy atom. The van der Waals surface area contributed by atoms with E-state index in [9.17, 15) is 4.79 Å². The fraction of sp³-hybridized carbons (Fsp3) is 0.538. The van der Waals surface area contributed by atoms with Crippen LogP contribution in [0.1, 0.15) is 26.7 Å². The fourth-order valence-electron chi connectivity index (χ4n) is 1.56. The van der Waals surface area contributed by atoms with E-state index in [0.29, 0.717) is 5.88 Å². The molecule has 1 heterocycles. The van der Waals surface area contributed by atoms with E-state index >= 15 is 0 Å². The summed E-state index contributed by atoms with van der Waals surface area (Å²) in [7, 11) is 1.57. The molecule has 1 aromatic rings. The van der Waals surface area contributed by atoms with E-state index in [1.54, 1.807) is 19.4 Å². The maximum atomic E-state index is 11.6. The van der Waals surface area contributed by atoms with Gasteiger partial charge in [0, 0.05) is 12.1 Å². The Morgan fingerprint density at radius 2 is 2.11 bits per heavy atom. The highest BCUT2D eigenvalue weighted by atomic mass is 16.5. The van der Waals surface area contributed by atoms with Gasteiger partial charge in [0.05, 0.1) is 25.5 Å². The Morgan fingerprint density at radius 1 is 1.39 bits per heavy atom. The molecule has 0 aromatic carbocycles. The van der Waals surface area contributed by atoms with Gasteiger partial charge in [-0.05, 0) is 18.9 Å². The van der Waals surface area contributed by atoms with Crippen molar-refractivity contribution in [1.82, 2.24) is 10.3 Å². The monoisotopic (exact) mass is 251 g/mol. The van der Waals surface area contributed by atoms with Gasteiger partial charge in [0.25, 0.3) is 0 Å². The number of hydrogen-bond acceptors (Lipinski definition) is 4. The van der Waals surface area contributed by atoms with Crippen LogP contribution in [0.3, 0.4) is 0 Å². The SMILES string of the molecule is CCC(CC)NC(=O)CNc1ccc(OC)nc1. The van der Waals surface area contributed by atoms with Crippen molar-refractivity contribution in [2.75, 3.05) is 19.0 Å². The van der Waals surface area contributed by atoms with E-state index < -0.39 is 0 Å². The van der Waals surface area contributed by atoms with Gasteiger partial charge in [0.2, 0.25) is 11.8 Å². The van der Waals surface area contributed by atoms with Gasteiger partial charge in [-0.25, -0.2) is 4.98 Å². The fourth-order valence-corrected chi connectivity index (χ4v) is 1.56. The van der Waals surface area contributed by atoms with E-state index in [-0.39, 0.29) is 18.5 Å². The van der Waals surface area contributed by atoms with E-state index in [1.807, 2.05) is 6.07 Å². The first-order valence-electron chi connectivity index (χ1n) is 6.22. The molecular weight excluding hydrogens is 230 g/mol. The maximum absolute atomic E-state index is 11.6. The molecule has 0 spiro atoms. The first-order valence-corrected chi connectivity index (χ1v) is 6.22. The molecule has 0 atom stereocenters. The Hall–Kier alpha value is -1.78. The van der Waals surface area contributed by atoms with E-state index in [0.717, 1.165) is 18.5 Å². The molecule has 0 fully saturated rings. The van der Waals surface area contributed by atoms with Crippen molar-refractivity contribution in [2.24, 2.45) is 0 Å². The summed E-state index contributed by atoms with van der Waals surface area (Å²) in [5.41, 5.74) is 0.801. The summed E-state index contributed by atoms with van der Waals surface area (Å²) in [5, 5.41) is 5.98. The molecule has 5 heteroatoms. The van der Waals surface area contributed by atoms with Gasteiger partial charge in [0.1, 0.15) is 0 Å². The van der Waals surface area contributed by atoms with Crippen LogP contribution in [0.15, 0.2) is 18.3 Å². The molecule has 0 aliphatic carbocycles. The van der Waals surface area contributed by atoms with Crippen LogP contribution in [-0.2, 0) is 4.79 Å². The summed E-state index contributed by atoms with van der Waals surface area (Å²) in [6, 6.07) is 3.84. The zero-order chi connectivity index (χ0) is 13.4. The van der Waals surface area contributed by atoms with E-state index in [4.69, 9.17) is 4.74 Å². The maximum Gasteiger partial charge on any atom is 0.239 e. The molecule has 0 aliphatic rings. The van der Waals surface area contributed by atoms with Crippen LogP contribution in [-0.4, -0.2) is 30.6 Å². The summed E-state index contributed by atoms with van der Waals surface area (Å²) in [5.74, 6) is 0.557. The van der Waals surface area contributed by atoms with E-state index in [1.165, 1.54) is 0 Å². The van der Waals surface area contributed by atoms with Crippen LogP contribution < -0.4 is 15.4 Å². The predicted octanol–water partition coefficient (Wildman–Crippen LogP) is 1.81. The van der Waals surface area contributed by atoms with Crippen molar-refractivity contribution in [1.29, 1.82) is 0 Å². The molecule has 5 nitrogen and oxygen atoms in total. The third kappa shape index (κ3) is 4.61. The smallest absolute Gasteiger partial charge is 0.239 e. The summed E-state index contributed by atoms with van der Waals surface area (Å²) < 4.78 is 4.96. The van der Waals surface area contributed by atoms with Gasteiger partial charge in [-0.1, -0.05) is 13.8 Å². The number of rotatable bonds is 7. The largest absolute Gasteiger partial charge is 0.481 e. The number of amides is 1. The van der Waals surface area contributed by atoms with Gasteiger partial charge in [0.15, 0.2) is 0 Å². The minimum Gasteiger partial charge on any atom is -0.481 e. The van der Waals surface area contributed by atoms with Crippen LogP contribution in [0, 0.1) is 0 Å². The van der Waals surface area contributed by atoms with Crippen LogP contribution in [0.25, 0.3) is 0 Å². The van der Waals surface area contributed by atoms with Gasteiger partial charge < -0.3 is 15.4 Å². The van der Waals surface area contributed by atoms with Gasteiger partial charge in [-0.3, -0.25) is 4.79 Å². The first-order chi connectivity index (χ1) is 8.69. The molecular formula is C13H21N3O2. The summed E-state index contributed by atoms with van der Waals surface area (Å²) in [4.78, 5) is 15.7. The number of ether oxygens (including phenoxy) is 1. The van der Waals surface area contributed by atoms with E-state index in [2.05, 4.69) is 29.5 Å². The number of carbonyl (C=O) groups excluding carboxylic acids is 1. The lowest BCUT2D eigenvalue weighted by molar-refractivity contribution is -0.120. The number of hydrogen-bond donors (Lipinski definition) is 2. The standard InChI is InChI=1S/C13H21N3O2/c1-4-10(5-2)16-12(17)9-14-11-6-7-13(18-3)15-8-11/h6-8,10,14H,4-5,9H2,1-3H3,(H,16,17). The number of methoxy groups -OCH3 is 1. The highest BCUT2D eigenvalue weighted by Gasteiger charge is 2.07. The van der Waals surface area contributed by atoms with Crippen molar-refractivity contribution >= 4 is 11.6 Å². The van der Waals surface area contributed by atoms with Crippen molar-refractivity contribution < 1.29 is 9.53 Å². The number of pyridine rings is 1. The van der Waals surface area contributed by atoms with Crippen LogP contribution in [0.5, 0.6) is 5.88 Å². The lowest BCUT2D eigenvalue weighted by Gasteiger charge is -2.15. The quantitative estimate of drug-likeness (QED) is 0.775. The number of nitrogens with zero attached hydrogens (tertiary/aromatic N) is 1. The second-order valence-corrected chi connectivity index (χ2v) is 4.02. The van der Waals surface area contributed by atoms with Gasteiger partial charge in [-0.2, -0.15) is 0 Å². The molecule has 100 valence electrons. The first kappa shape index (κ1) is 14.3. The van der Waals surface area contributed by atoms with Gasteiger partial charge in [-0.15, -0.1) is 0 Å². The van der Waals surface area contributed by atoms with Crippen molar-refractivity contribution in [3.63, 3.8) is 0 Å². The lowest BCUT2D eigenvalue weighted by Crippen LogP contribution is -2.37. The van der Waals surface area contributed by atoms with Crippen LogP contribution in [0.4, 0.5) is 5.69 Å². The zero-order valence-electron chi connectivity index (χ0n) is 11.2. The van der Waals surface area contributed by atoms with Crippen molar-refractivity contribution in [3.8, 4) is 5.88 Å². The number of anilines is 1. The predicted molar refractivity (Wildman–Crippen MR) is 71.8 cm³/mol. The second-order valence-electron chi connectivity index (χ2n) is 4.02. The summed E-state index contributed by atoms with van der Waals surface area (Å²) in [6.45, 7) is 4.38. The Bertz CT molecular complexity index is 361. The average Bonchev–Trinajstić information content (AvgIpc) is 2.43. The van der Waals surface area contributed by atoms with Crippen LogP contribution >= 0.6 is 0 Å². The lowest BCUT2D eigenvalue weighted by atomic mass is 10.2. The molecule has 1 aromatic heterocycles. The van der Waals surface area contributed by atoms with Crippen LogP contribution in [0.2, 0.25) is 0 Å². The van der Waals surface area contributed by atoms with Crippen molar-refractivity contribution in [2.45, 2.75) is 32.7 Å². The highest BCUT2D eigenvalue weighted by molar-refractivity contribution is 5.80. The molecule has 0 bridgehead atoms.